The number of nitrogens with zero attached hydrogens (tertiary/aromatic N) is 1. The van der Waals surface area contributed by atoms with Crippen molar-refractivity contribution in [2.45, 2.75) is 64.7 Å². The summed E-state index contributed by atoms with van der Waals surface area (Å²) in [5.41, 5.74) is 0.205. The fourth-order valence-corrected chi connectivity index (χ4v) is 4.49. The van der Waals surface area contributed by atoms with Crippen molar-refractivity contribution in [2.24, 2.45) is 23.7 Å². The highest BCUT2D eigenvalue weighted by Crippen LogP contribution is 2.41. The van der Waals surface area contributed by atoms with Crippen LogP contribution in [-0.4, -0.2) is 4.98 Å². The van der Waals surface area contributed by atoms with Crippen LogP contribution in [0.15, 0.2) is 12.1 Å². The van der Waals surface area contributed by atoms with E-state index in [1.165, 1.54) is 51.0 Å². The summed E-state index contributed by atoms with van der Waals surface area (Å²) in [6.07, 6.45) is 11.7. The Morgan fingerprint density at radius 3 is 2.17 bits per heavy atom. The van der Waals surface area contributed by atoms with Gasteiger partial charge in [0.1, 0.15) is 0 Å². The molecule has 130 valence electrons. The van der Waals surface area contributed by atoms with E-state index in [-0.39, 0.29) is 5.56 Å². The molecule has 0 radical (unpaired) electrons. The Bertz CT molecular complexity index is 600. The maximum Gasteiger partial charge on any atom is 0.231 e. The molecule has 0 saturated heterocycles. The topological polar surface area (TPSA) is 12.9 Å². The van der Waals surface area contributed by atoms with Crippen molar-refractivity contribution in [3.63, 3.8) is 0 Å². The van der Waals surface area contributed by atoms with Crippen LogP contribution in [-0.2, 0) is 0 Å². The van der Waals surface area contributed by atoms with Crippen LogP contribution < -0.4 is 0 Å². The van der Waals surface area contributed by atoms with Crippen molar-refractivity contribution in [3.8, 4) is 11.8 Å². The Balaban J connectivity index is 1.50. The highest BCUT2D eigenvalue weighted by atomic mass is 19.1. The van der Waals surface area contributed by atoms with Gasteiger partial charge in [-0.25, -0.2) is 0 Å². The number of halogens is 2. The van der Waals surface area contributed by atoms with Gasteiger partial charge < -0.3 is 0 Å². The molecular weight excluding hydrogens is 304 g/mol. The maximum atomic E-state index is 13.5. The van der Waals surface area contributed by atoms with Gasteiger partial charge in [0.2, 0.25) is 11.9 Å². The molecule has 1 nitrogen and oxygen atoms in total. The zero-order valence-electron chi connectivity index (χ0n) is 14.5. The van der Waals surface area contributed by atoms with Crippen LogP contribution in [0.5, 0.6) is 0 Å². The van der Waals surface area contributed by atoms with Crippen LogP contribution in [0, 0.1) is 47.4 Å². The third kappa shape index (κ3) is 4.35. The maximum absolute atomic E-state index is 13.5. The van der Waals surface area contributed by atoms with E-state index in [4.69, 9.17) is 0 Å². The summed E-state index contributed by atoms with van der Waals surface area (Å²) in [4.78, 5) is 3.19. The zero-order valence-corrected chi connectivity index (χ0v) is 14.5. The average Bonchev–Trinajstić information content (AvgIpc) is 2.62. The molecule has 0 amide bonds. The fraction of sp³-hybridized carbons (Fsp3) is 0.667. The summed E-state index contributed by atoms with van der Waals surface area (Å²) >= 11 is 0. The molecule has 0 aliphatic heterocycles. The highest BCUT2D eigenvalue weighted by Gasteiger charge is 2.29. The van der Waals surface area contributed by atoms with Gasteiger partial charge in [0.05, 0.1) is 5.56 Å². The Morgan fingerprint density at radius 2 is 1.58 bits per heavy atom. The van der Waals surface area contributed by atoms with Gasteiger partial charge in [0, 0.05) is 5.92 Å². The summed E-state index contributed by atoms with van der Waals surface area (Å²) in [6, 6.07) is 2.54. The molecule has 3 rings (SSSR count). The molecule has 0 bridgehead atoms. The number of hydrogen-bond donors (Lipinski definition) is 0. The summed E-state index contributed by atoms with van der Waals surface area (Å²) < 4.78 is 26.3. The molecule has 0 spiro atoms. The molecule has 2 fully saturated rings. The standard InChI is InChI=1S/C21H27F2N/c1-2-15-3-8-17(9-4-15)18-10-5-16(6-11-18)7-12-19-13-14-20(22)24-21(19)23/h13-18H,2-6,8-11H2,1H3. The minimum Gasteiger partial charge on any atom is -0.189 e. The molecule has 3 heteroatoms. The number of aromatic nitrogens is 1. The quantitative estimate of drug-likeness (QED) is 0.498. The van der Waals surface area contributed by atoms with Crippen LogP contribution in [0.25, 0.3) is 0 Å². The van der Waals surface area contributed by atoms with Gasteiger partial charge in [-0.1, -0.05) is 38.0 Å². The van der Waals surface area contributed by atoms with Crippen molar-refractivity contribution in [3.05, 3.63) is 29.6 Å². The van der Waals surface area contributed by atoms with Gasteiger partial charge in [-0.2, -0.15) is 13.8 Å². The van der Waals surface area contributed by atoms with Gasteiger partial charge in [0.15, 0.2) is 0 Å². The van der Waals surface area contributed by atoms with E-state index in [0.29, 0.717) is 5.92 Å². The molecule has 0 unspecified atom stereocenters. The second-order valence-electron chi connectivity index (χ2n) is 7.54. The lowest BCUT2D eigenvalue weighted by molar-refractivity contribution is 0.156. The minimum absolute atomic E-state index is 0.205. The molecule has 2 saturated carbocycles. The van der Waals surface area contributed by atoms with E-state index in [0.717, 1.165) is 36.7 Å². The molecule has 0 atom stereocenters. The summed E-state index contributed by atoms with van der Waals surface area (Å²) in [6.45, 7) is 2.31. The number of hydrogen-bond acceptors (Lipinski definition) is 1. The van der Waals surface area contributed by atoms with Gasteiger partial charge in [0.25, 0.3) is 0 Å². The first-order valence-electron chi connectivity index (χ1n) is 9.49. The van der Waals surface area contributed by atoms with Gasteiger partial charge in [-0.15, -0.1) is 0 Å². The lowest BCUT2D eigenvalue weighted by Gasteiger charge is -2.36. The summed E-state index contributed by atoms with van der Waals surface area (Å²) in [7, 11) is 0. The van der Waals surface area contributed by atoms with E-state index < -0.39 is 11.9 Å². The Morgan fingerprint density at radius 1 is 0.958 bits per heavy atom. The van der Waals surface area contributed by atoms with E-state index in [2.05, 4.69) is 23.7 Å². The van der Waals surface area contributed by atoms with Crippen LogP contribution >= 0.6 is 0 Å². The molecule has 24 heavy (non-hydrogen) atoms. The lowest BCUT2D eigenvalue weighted by atomic mass is 9.69. The van der Waals surface area contributed by atoms with Crippen LogP contribution in [0.1, 0.15) is 70.3 Å². The Hall–Kier alpha value is -1.43. The molecule has 1 aromatic heterocycles. The second-order valence-corrected chi connectivity index (χ2v) is 7.54. The third-order valence-corrected chi connectivity index (χ3v) is 6.13. The molecule has 2 aliphatic rings. The van der Waals surface area contributed by atoms with E-state index in [1.807, 2.05) is 0 Å². The van der Waals surface area contributed by atoms with Crippen molar-refractivity contribution < 1.29 is 8.78 Å². The first-order valence-corrected chi connectivity index (χ1v) is 9.49. The van der Waals surface area contributed by atoms with Gasteiger partial charge in [-0.3, -0.25) is 0 Å². The average molecular weight is 331 g/mol. The van der Waals surface area contributed by atoms with E-state index >= 15 is 0 Å². The predicted octanol–water partition coefficient (Wildman–Crippen LogP) is 5.73. The van der Waals surface area contributed by atoms with Gasteiger partial charge in [-0.05, 0) is 68.4 Å². The zero-order chi connectivity index (χ0) is 16.9. The summed E-state index contributed by atoms with van der Waals surface area (Å²) in [5, 5.41) is 0. The molecule has 0 aromatic carbocycles. The van der Waals surface area contributed by atoms with Crippen molar-refractivity contribution in [1.29, 1.82) is 0 Å². The normalized spacial score (nSPS) is 30.5. The van der Waals surface area contributed by atoms with Crippen LogP contribution in [0.3, 0.4) is 0 Å². The van der Waals surface area contributed by atoms with Crippen molar-refractivity contribution in [2.75, 3.05) is 0 Å². The molecule has 1 aromatic rings. The van der Waals surface area contributed by atoms with Crippen molar-refractivity contribution in [1.82, 2.24) is 4.98 Å². The SMILES string of the molecule is CCC1CCC(C2CCC(C#Cc3ccc(F)nc3F)CC2)CC1. The Kier molecular flexibility index (Phi) is 5.87. The Labute approximate surface area is 144 Å². The first kappa shape index (κ1) is 17.4. The predicted molar refractivity (Wildman–Crippen MR) is 92.2 cm³/mol. The molecule has 0 N–H and O–H groups in total. The largest absolute Gasteiger partial charge is 0.231 e. The van der Waals surface area contributed by atoms with Crippen LogP contribution in [0.2, 0.25) is 0 Å². The van der Waals surface area contributed by atoms with Crippen LogP contribution in [0.4, 0.5) is 8.78 Å². The van der Waals surface area contributed by atoms with E-state index in [9.17, 15) is 8.78 Å². The number of pyridine rings is 1. The number of rotatable bonds is 2. The smallest absolute Gasteiger partial charge is 0.189 e. The molecular formula is C21H27F2N. The minimum atomic E-state index is -0.802. The lowest BCUT2D eigenvalue weighted by Crippen LogP contribution is -2.25. The first-order chi connectivity index (χ1) is 11.7. The second kappa shape index (κ2) is 8.10. The van der Waals surface area contributed by atoms with Gasteiger partial charge >= 0.3 is 0 Å². The third-order valence-electron chi connectivity index (χ3n) is 6.13. The monoisotopic (exact) mass is 331 g/mol. The van der Waals surface area contributed by atoms with Crippen molar-refractivity contribution >= 4 is 0 Å². The highest BCUT2D eigenvalue weighted by molar-refractivity contribution is 5.33. The molecule has 1 heterocycles. The fourth-order valence-electron chi connectivity index (χ4n) is 4.49. The van der Waals surface area contributed by atoms with E-state index in [1.54, 1.807) is 0 Å². The molecule has 2 aliphatic carbocycles. The summed E-state index contributed by atoms with van der Waals surface area (Å²) in [5.74, 6) is 7.54.